The summed E-state index contributed by atoms with van der Waals surface area (Å²) in [5, 5.41) is 7.01. The van der Waals surface area contributed by atoms with Gasteiger partial charge in [0.15, 0.2) is 14.2 Å². The summed E-state index contributed by atoms with van der Waals surface area (Å²) in [6, 6.07) is 62.5. The fourth-order valence-corrected chi connectivity index (χ4v) is 14.1. The van der Waals surface area contributed by atoms with Crippen molar-refractivity contribution in [1.82, 2.24) is 14.5 Å². The van der Waals surface area contributed by atoms with Gasteiger partial charge in [-0.15, -0.1) is 0 Å². The number of benzene rings is 7. The standard InChI is InChI=1S/C50H35FN4OSi/c1-54-41-23-10-9-22-40(41)53-50(54)35-16-14-15-33(29-35)49(51)34-26-27-46-42(30-34)55(48-25-12-13-28-52-48)43-32-45-39(38-21-8-11-24-44(38)56-45)31-47(43)57(46,36-17-4-2-5-18-36)37-19-6-3-7-20-37/h2-32,49H,1H3. The molecule has 1 aliphatic heterocycles. The predicted molar refractivity (Wildman–Crippen MR) is 232 cm³/mol. The molecule has 0 saturated heterocycles. The Hall–Kier alpha value is -7.09. The Kier molecular flexibility index (Phi) is 7.59. The van der Waals surface area contributed by atoms with Gasteiger partial charge in [-0.2, -0.15) is 0 Å². The third-order valence-electron chi connectivity index (χ3n) is 11.6. The van der Waals surface area contributed by atoms with Crippen molar-refractivity contribution in [3.8, 4) is 11.4 Å². The third kappa shape index (κ3) is 5.05. The Morgan fingerprint density at radius 1 is 0.579 bits per heavy atom. The Bertz CT molecular complexity index is 3090. The molecule has 0 N–H and O–H groups in total. The molecule has 1 atom stereocenters. The number of fused-ring (bicyclic) bond motifs is 6. The minimum Gasteiger partial charge on any atom is -0.456 e. The second-order valence-corrected chi connectivity index (χ2v) is 18.4. The maximum atomic E-state index is 17.4. The van der Waals surface area contributed by atoms with Gasteiger partial charge in [0.25, 0.3) is 0 Å². The van der Waals surface area contributed by atoms with Gasteiger partial charge in [-0.1, -0.05) is 127 Å². The minimum atomic E-state index is -3.09. The summed E-state index contributed by atoms with van der Waals surface area (Å²) in [6.45, 7) is 0. The summed E-state index contributed by atoms with van der Waals surface area (Å²) in [7, 11) is -1.08. The third-order valence-corrected chi connectivity index (χ3v) is 16.5. The number of nitrogens with zero attached hydrogens (tertiary/aromatic N) is 4. The predicted octanol–water partition coefficient (Wildman–Crippen LogP) is 9.75. The van der Waals surface area contributed by atoms with Crippen LogP contribution in [0.4, 0.5) is 21.6 Å². The van der Waals surface area contributed by atoms with Crippen molar-refractivity contribution in [3.63, 3.8) is 0 Å². The average molecular weight is 755 g/mol. The lowest BCUT2D eigenvalue weighted by molar-refractivity contribution is 0.402. The zero-order chi connectivity index (χ0) is 38.1. The molecule has 0 saturated carbocycles. The average Bonchev–Trinajstić information content (AvgIpc) is 3.82. The zero-order valence-electron chi connectivity index (χ0n) is 31.1. The van der Waals surface area contributed by atoms with Crippen LogP contribution in [0.3, 0.4) is 0 Å². The summed E-state index contributed by atoms with van der Waals surface area (Å²) in [5.74, 6) is 1.54. The number of pyridine rings is 1. The SMILES string of the molecule is Cn1c(-c2cccc(C(F)c3ccc4c(c3)N(c3ccccn3)c3cc5oc6ccccc6c5cc3[Si]4(c3ccccc3)c3ccccc3)c2)nc2ccccc21. The van der Waals surface area contributed by atoms with Crippen molar-refractivity contribution in [3.05, 3.63) is 199 Å². The lowest BCUT2D eigenvalue weighted by Crippen LogP contribution is -2.77. The molecule has 272 valence electrons. The van der Waals surface area contributed by atoms with Crippen LogP contribution >= 0.6 is 0 Å². The number of halogens is 1. The van der Waals surface area contributed by atoms with Crippen molar-refractivity contribution in [2.45, 2.75) is 6.17 Å². The molecule has 4 heterocycles. The van der Waals surface area contributed by atoms with Crippen LogP contribution in [0.2, 0.25) is 0 Å². The summed E-state index contributed by atoms with van der Waals surface area (Å²) in [4.78, 5) is 12.0. The second-order valence-electron chi connectivity index (χ2n) is 14.7. The first kappa shape index (κ1) is 33.3. The first-order valence-electron chi connectivity index (χ1n) is 19.2. The Morgan fingerprint density at radius 2 is 1.28 bits per heavy atom. The highest BCUT2D eigenvalue weighted by molar-refractivity contribution is 7.21. The van der Waals surface area contributed by atoms with E-state index in [-0.39, 0.29) is 0 Å². The van der Waals surface area contributed by atoms with Gasteiger partial charge in [-0.3, -0.25) is 4.90 Å². The van der Waals surface area contributed by atoms with Crippen molar-refractivity contribution in [1.29, 1.82) is 0 Å². The van der Waals surface area contributed by atoms with Crippen LogP contribution in [0.5, 0.6) is 0 Å². The van der Waals surface area contributed by atoms with Crippen LogP contribution in [0.25, 0.3) is 44.4 Å². The van der Waals surface area contributed by atoms with E-state index in [1.54, 1.807) is 0 Å². The normalized spacial score (nSPS) is 13.8. The van der Waals surface area contributed by atoms with E-state index in [9.17, 15) is 0 Å². The van der Waals surface area contributed by atoms with E-state index in [4.69, 9.17) is 14.4 Å². The number of rotatable bonds is 6. The first-order chi connectivity index (χ1) is 28.1. The van der Waals surface area contributed by atoms with E-state index in [0.29, 0.717) is 11.1 Å². The molecule has 1 aliphatic rings. The quantitative estimate of drug-likeness (QED) is 0.159. The van der Waals surface area contributed by atoms with E-state index in [1.165, 1.54) is 15.6 Å². The number of para-hydroxylation sites is 3. The van der Waals surface area contributed by atoms with Gasteiger partial charge < -0.3 is 8.98 Å². The van der Waals surface area contributed by atoms with Gasteiger partial charge in [0.1, 0.15) is 22.8 Å². The largest absolute Gasteiger partial charge is 0.456 e. The Balaban J connectivity index is 1.18. The molecule has 0 radical (unpaired) electrons. The molecule has 0 bridgehead atoms. The minimum absolute atomic E-state index is 0.564. The molecular weight excluding hydrogens is 720 g/mol. The monoisotopic (exact) mass is 754 g/mol. The van der Waals surface area contributed by atoms with E-state index in [0.717, 1.165) is 66.7 Å². The summed E-state index contributed by atoms with van der Waals surface area (Å²) >= 11 is 0. The van der Waals surface area contributed by atoms with Gasteiger partial charge in [0.2, 0.25) is 0 Å². The molecule has 0 fully saturated rings. The topological polar surface area (TPSA) is 47.1 Å². The van der Waals surface area contributed by atoms with Crippen LogP contribution in [0.1, 0.15) is 17.3 Å². The van der Waals surface area contributed by atoms with Gasteiger partial charge in [-0.05, 0) is 80.4 Å². The maximum absolute atomic E-state index is 17.4. The Labute approximate surface area is 330 Å². The molecule has 0 spiro atoms. The molecule has 3 aromatic heterocycles. The highest BCUT2D eigenvalue weighted by atomic mass is 28.3. The molecule has 0 aliphatic carbocycles. The number of aromatic nitrogens is 3. The highest BCUT2D eigenvalue weighted by Gasteiger charge is 2.49. The number of hydrogen-bond acceptors (Lipinski definition) is 4. The molecular formula is C50H35FN4OSi. The number of furan rings is 1. The van der Waals surface area contributed by atoms with Crippen LogP contribution < -0.4 is 25.6 Å². The maximum Gasteiger partial charge on any atom is 0.184 e. The number of anilines is 3. The van der Waals surface area contributed by atoms with Crippen molar-refractivity contribution < 1.29 is 8.81 Å². The van der Waals surface area contributed by atoms with Gasteiger partial charge in [0.05, 0.1) is 16.7 Å². The fraction of sp³-hybridized carbons (Fsp3) is 0.0400. The van der Waals surface area contributed by atoms with Gasteiger partial charge in [-0.25, -0.2) is 14.4 Å². The smallest absolute Gasteiger partial charge is 0.184 e. The van der Waals surface area contributed by atoms with E-state index in [1.807, 2.05) is 92.1 Å². The highest BCUT2D eigenvalue weighted by Crippen LogP contribution is 2.42. The van der Waals surface area contributed by atoms with Crippen LogP contribution in [-0.4, -0.2) is 22.6 Å². The lowest BCUT2D eigenvalue weighted by Gasteiger charge is -2.45. The van der Waals surface area contributed by atoms with Crippen LogP contribution in [-0.2, 0) is 7.05 Å². The van der Waals surface area contributed by atoms with Gasteiger partial charge >= 0.3 is 0 Å². The van der Waals surface area contributed by atoms with Crippen molar-refractivity contribution in [2.75, 3.05) is 4.90 Å². The first-order valence-corrected chi connectivity index (χ1v) is 21.2. The van der Waals surface area contributed by atoms with Crippen molar-refractivity contribution >= 4 is 79.0 Å². The van der Waals surface area contributed by atoms with E-state index < -0.39 is 14.2 Å². The summed E-state index contributed by atoms with van der Waals surface area (Å²) in [6.07, 6.45) is 0.412. The zero-order valence-corrected chi connectivity index (χ0v) is 32.1. The summed E-state index contributed by atoms with van der Waals surface area (Å²) in [5.41, 5.74) is 7.45. The number of aryl methyl sites for hydroxylation is 1. The number of hydrogen-bond donors (Lipinski definition) is 0. The molecule has 1 unspecified atom stereocenters. The molecule has 7 heteroatoms. The Morgan fingerprint density at radius 3 is 2.05 bits per heavy atom. The van der Waals surface area contributed by atoms with Crippen LogP contribution in [0, 0.1) is 0 Å². The molecule has 7 aromatic carbocycles. The van der Waals surface area contributed by atoms with E-state index >= 15 is 4.39 Å². The fourth-order valence-electron chi connectivity index (χ4n) is 9.06. The molecule has 57 heavy (non-hydrogen) atoms. The lowest BCUT2D eigenvalue weighted by atomic mass is 9.99. The van der Waals surface area contributed by atoms with Crippen LogP contribution in [0.15, 0.2) is 193 Å². The molecule has 10 aromatic rings. The molecule has 5 nitrogen and oxygen atoms in total. The molecule has 0 amide bonds. The van der Waals surface area contributed by atoms with E-state index in [2.05, 4.69) is 113 Å². The number of imidazole rings is 1. The summed E-state index contributed by atoms with van der Waals surface area (Å²) < 4.78 is 26.0. The number of alkyl halides is 1. The van der Waals surface area contributed by atoms with Gasteiger partial charge in [0, 0.05) is 41.3 Å². The van der Waals surface area contributed by atoms with Crippen molar-refractivity contribution in [2.24, 2.45) is 7.05 Å². The second kappa shape index (κ2) is 13.0. The molecule has 11 rings (SSSR count).